The van der Waals surface area contributed by atoms with Gasteiger partial charge < -0.3 is 9.47 Å². The van der Waals surface area contributed by atoms with Gasteiger partial charge in [0.05, 0.1) is 12.0 Å². The molecule has 3 rings (SSSR count). The molecule has 0 unspecified atom stereocenters. The minimum atomic E-state index is -0.547. The van der Waals surface area contributed by atoms with Gasteiger partial charge in [0.25, 0.3) is 0 Å². The number of ether oxygens (including phenoxy) is 2. The maximum Gasteiger partial charge on any atom is 0.363 e. The van der Waals surface area contributed by atoms with Crippen LogP contribution in [0.2, 0.25) is 0 Å². The van der Waals surface area contributed by atoms with Gasteiger partial charge in [-0.2, -0.15) is 0 Å². The van der Waals surface area contributed by atoms with Gasteiger partial charge in [-0.3, -0.25) is 0 Å². The van der Waals surface area contributed by atoms with E-state index < -0.39 is 11.8 Å². The first-order valence-electron chi connectivity index (χ1n) is 6.07. The summed E-state index contributed by atoms with van der Waals surface area (Å²) in [4.78, 5) is 16.7. The molecule has 2 heterocycles. The zero-order chi connectivity index (χ0) is 14.8. The van der Waals surface area contributed by atoms with Gasteiger partial charge in [0.1, 0.15) is 0 Å². The molecule has 0 fully saturated rings. The van der Waals surface area contributed by atoms with E-state index in [0.29, 0.717) is 5.56 Å². The normalized spacial score (nSPS) is 16.0. The monoisotopic (exact) mass is 303 g/mol. The van der Waals surface area contributed by atoms with Gasteiger partial charge in [-0.15, -0.1) is 11.3 Å². The molecule has 1 aromatic carbocycles. The van der Waals surface area contributed by atoms with E-state index in [9.17, 15) is 9.18 Å². The smallest absolute Gasteiger partial charge is 0.363 e. The van der Waals surface area contributed by atoms with E-state index in [0.717, 1.165) is 4.88 Å². The lowest BCUT2D eigenvalue weighted by Crippen LogP contribution is -2.03. The molecule has 0 saturated heterocycles. The van der Waals surface area contributed by atoms with Crippen molar-refractivity contribution in [2.24, 2.45) is 4.99 Å². The van der Waals surface area contributed by atoms with Crippen LogP contribution in [-0.2, 0) is 9.53 Å². The van der Waals surface area contributed by atoms with Gasteiger partial charge in [0.2, 0.25) is 5.90 Å². The van der Waals surface area contributed by atoms with Gasteiger partial charge in [-0.05, 0) is 35.2 Å². The molecule has 0 bridgehead atoms. The van der Waals surface area contributed by atoms with Gasteiger partial charge >= 0.3 is 5.97 Å². The zero-order valence-corrected chi connectivity index (χ0v) is 11.8. The molecule has 0 saturated carbocycles. The largest absolute Gasteiger partial charge is 0.494 e. The van der Waals surface area contributed by atoms with Gasteiger partial charge in [0.15, 0.2) is 17.3 Å². The number of methoxy groups -OCH3 is 1. The summed E-state index contributed by atoms with van der Waals surface area (Å²) in [6.07, 6.45) is 1.48. The average molecular weight is 303 g/mol. The predicted molar refractivity (Wildman–Crippen MR) is 77.9 cm³/mol. The van der Waals surface area contributed by atoms with Crippen molar-refractivity contribution in [3.63, 3.8) is 0 Å². The van der Waals surface area contributed by atoms with Crippen molar-refractivity contribution in [3.8, 4) is 5.75 Å². The first-order chi connectivity index (χ1) is 10.2. The van der Waals surface area contributed by atoms with Crippen molar-refractivity contribution in [3.05, 3.63) is 57.7 Å². The molecule has 0 atom stereocenters. The maximum atomic E-state index is 13.6. The highest BCUT2D eigenvalue weighted by Gasteiger charge is 2.24. The van der Waals surface area contributed by atoms with Gasteiger partial charge in [-0.1, -0.05) is 12.1 Å². The molecule has 1 aromatic heterocycles. The molecule has 0 amide bonds. The molecule has 0 spiro atoms. The van der Waals surface area contributed by atoms with Gasteiger partial charge in [-0.25, -0.2) is 14.2 Å². The Kier molecular flexibility index (Phi) is 3.53. The molecule has 2 aromatic rings. The first-order valence-corrected chi connectivity index (χ1v) is 6.95. The molecule has 106 valence electrons. The summed E-state index contributed by atoms with van der Waals surface area (Å²) >= 11 is 1.43. The number of hydrogen-bond acceptors (Lipinski definition) is 5. The van der Waals surface area contributed by atoms with Crippen LogP contribution >= 0.6 is 11.3 Å². The highest BCUT2D eigenvalue weighted by molar-refractivity contribution is 7.12. The van der Waals surface area contributed by atoms with Crippen LogP contribution in [0.5, 0.6) is 5.75 Å². The molecule has 4 nitrogen and oxygen atoms in total. The summed E-state index contributed by atoms with van der Waals surface area (Å²) in [5, 5.41) is 1.87. The third-order valence-corrected chi connectivity index (χ3v) is 3.69. The van der Waals surface area contributed by atoms with E-state index in [1.54, 1.807) is 6.07 Å². The second-order valence-electron chi connectivity index (χ2n) is 4.21. The number of esters is 1. The number of hydrogen-bond donors (Lipinski definition) is 0. The molecule has 1 aliphatic rings. The summed E-state index contributed by atoms with van der Waals surface area (Å²) in [6, 6.07) is 8.06. The Bertz CT molecular complexity index is 750. The Morgan fingerprint density at radius 1 is 1.38 bits per heavy atom. The summed E-state index contributed by atoms with van der Waals surface area (Å²) in [6.45, 7) is 0. The van der Waals surface area contributed by atoms with Crippen molar-refractivity contribution in [1.82, 2.24) is 0 Å². The number of carbonyl (C=O) groups excluding carboxylic acids is 1. The molecule has 0 N–H and O–H groups in total. The number of cyclic esters (lactones) is 1. The summed E-state index contributed by atoms with van der Waals surface area (Å²) in [5.74, 6) is -0.626. The van der Waals surface area contributed by atoms with Crippen molar-refractivity contribution in [2.75, 3.05) is 7.11 Å². The van der Waals surface area contributed by atoms with Crippen LogP contribution in [0.3, 0.4) is 0 Å². The van der Waals surface area contributed by atoms with Crippen LogP contribution in [0.25, 0.3) is 6.08 Å². The first kappa shape index (κ1) is 13.5. The van der Waals surface area contributed by atoms with Crippen molar-refractivity contribution in [2.45, 2.75) is 0 Å². The van der Waals surface area contributed by atoms with Crippen molar-refractivity contribution < 1.29 is 18.7 Å². The van der Waals surface area contributed by atoms with Crippen LogP contribution in [0.1, 0.15) is 10.4 Å². The minimum absolute atomic E-state index is 0.142. The quantitative estimate of drug-likeness (QED) is 0.646. The number of benzene rings is 1. The Morgan fingerprint density at radius 3 is 2.90 bits per heavy atom. The highest BCUT2D eigenvalue weighted by atomic mass is 32.1. The third kappa shape index (κ3) is 2.71. The predicted octanol–water partition coefficient (Wildman–Crippen LogP) is 3.24. The lowest BCUT2D eigenvalue weighted by Gasteiger charge is -2.01. The van der Waals surface area contributed by atoms with E-state index in [1.807, 2.05) is 17.5 Å². The second kappa shape index (κ2) is 5.49. The Hall–Kier alpha value is -2.47. The van der Waals surface area contributed by atoms with E-state index in [1.165, 1.54) is 36.7 Å². The van der Waals surface area contributed by atoms with E-state index >= 15 is 0 Å². The molecule has 6 heteroatoms. The SMILES string of the molecule is COc1ccc(/C=C2/N=C(c3cccs3)OC2=O)cc1F. The summed E-state index contributed by atoms with van der Waals surface area (Å²) in [5.41, 5.74) is 0.652. The fourth-order valence-corrected chi connectivity index (χ4v) is 2.49. The molecular formula is C15H10FNO3S. The number of aliphatic imine (C=N–C) groups is 1. The fraction of sp³-hybridized carbons (Fsp3) is 0.0667. The Morgan fingerprint density at radius 2 is 2.24 bits per heavy atom. The average Bonchev–Trinajstić information content (AvgIpc) is 3.10. The molecule has 1 aliphatic heterocycles. The lowest BCUT2D eigenvalue weighted by molar-refractivity contribution is -0.129. The minimum Gasteiger partial charge on any atom is -0.494 e. The fourth-order valence-electron chi connectivity index (χ4n) is 1.85. The van der Waals surface area contributed by atoms with E-state index in [-0.39, 0.29) is 17.3 Å². The maximum absolute atomic E-state index is 13.6. The van der Waals surface area contributed by atoms with Crippen LogP contribution < -0.4 is 4.74 Å². The van der Waals surface area contributed by atoms with Crippen molar-refractivity contribution >= 4 is 29.3 Å². The molecular weight excluding hydrogens is 293 g/mol. The standard InChI is InChI=1S/C15H10FNO3S/c1-19-12-5-4-9(7-10(12)16)8-11-15(18)20-14(17-11)13-3-2-6-21-13/h2-8H,1H3/b11-8+. The topological polar surface area (TPSA) is 47.9 Å². The third-order valence-electron chi connectivity index (χ3n) is 2.83. The number of halogens is 1. The van der Waals surface area contributed by atoms with Crippen LogP contribution in [-0.4, -0.2) is 19.0 Å². The lowest BCUT2D eigenvalue weighted by atomic mass is 10.2. The van der Waals surface area contributed by atoms with E-state index in [2.05, 4.69) is 4.99 Å². The highest BCUT2D eigenvalue weighted by Crippen LogP contribution is 2.23. The number of nitrogens with zero attached hydrogens (tertiary/aromatic N) is 1. The zero-order valence-electron chi connectivity index (χ0n) is 11.0. The van der Waals surface area contributed by atoms with Crippen LogP contribution in [0.4, 0.5) is 4.39 Å². The van der Waals surface area contributed by atoms with E-state index in [4.69, 9.17) is 9.47 Å². The van der Waals surface area contributed by atoms with Gasteiger partial charge in [0, 0.05) is 0 Å². The summed E-state index contributed by atoms with van der Waals surface area (Å²) < 4.78 is 23.6. The Labute approximate surface area is 124 Å². The number of thiophene rings is 1. The molecule has 21 heavy (non-hydrogen) atoms. The Balaban J connectivity index is 1.92. The van der Waals surface area contributed by atoms with Crippen LogP contribution in [0, 0.1) is 5.82 Å². The number of rotatable bonds is 3. The summed E-state index contributed by atoms with van der Waals surface area (Å²) in [7, 11) is 1.39. The van der Waals surface area contributed by atoms with Crippen molar-refractivity contribution in [1.29, 1.82) is 0 Å². The second-order valence-corrected chi connectivity index (χ2v) is 5.16. The van der Waals surface area contributed by atoms with Crippen LogP contribution in [0.15, 0.2) is 46.4 Å². The molecule has 0 radical (unpaired) electrons. The number of carbonyl (C=O) groups is 1. The molecule has 0 aliphatic carbocycles.